The van der Waals surface area contributed by atoms with Crippen molar-refractivity contribution in [1.82, 2.24) is 10.2 Å². The molecule has 0 aromatic rings. The van der Waals surface area contributed by atoms with Gasteiger partial charge in [-0.25, -0.2) is 0 Å². The monoisotopic (exact) mass is 255 g/mol. The largest absolute Gasteiger partial charge is 0.355 e. The molecule has 0 aromatic heterocycles. The summed E-state index contributed by atoms with van der Waals surface area (Å²) in [6.07, 6.45) is 5.99. The Morgan fingerprint density at radius 1 is 1.33 bits per heavy atom. The van der Waals surface area contributed by atoms with Crippen molar-refractivity contribution >= 4 is 5.91 Å². The second kappa shape index (κ2) is 8.48. The molecule has 106 valence electrons. The lowest BCUT2D eigenvalue weighted by atomic mass is 9.99. The summed E-state index contributed by atoms with van der Waals surface area (Å²) >= 11 is 0. The summed E-state index contributed by atoms with van der Waals surface area (Å²) in [6.45, 7) is 8.38. The molecule has 4 nitrogen and oxygen atoms in total. The maximum atomic E-state index is 11.7. The Hall–Kier alpha value is -0.610. The van der Waals surface area contributed by atoms with Crippen LogP contribution in [0.1, 0.15) is 46.0 Å². The summed E-state index contributed by atoms with van der Waals surface area (Å²) in [4.78, 5) is 14.2. The molecule has 1 aliphatic heterocycles. The van der Waals surface area contributed by atoms with E-state index in [9.17, 15) is 4.79 Å². The zero-order chi connectivity index (χ0) is 13.4. The van der Waals surface area contributed by atoms with Gasteiger partial charge in [-0.15, -0.1) is 0 Å². The van der Waals surface area contributed by atoms with Crippen molar-refractivity contribution in [3.8, 4) is 0 Å². The van der Waals surface area contributed by atoms with Crippen molar-refractivity contribution in [3.63, 3.8) is 0 Å². The molecule has 0 saturated carbocycles. The summed E-state index contributed by atoms with van der Waals surface area (Å²) in [5.41, 5.74) is 5.87. The first-order valence-electron chi connectivity index (χ1n) is 7.40. The van der Waals surface area contributed by atoms with Crippen molar-refractivity contribution in [3.05, 3.63) is 0 Å². The lowest BCUT2D eigenvalue weighted by molar-refractivity contribution is -0.123. The number of piperidine rings is 1. The van der Waals surface area contributed by atoms with Crippen LogP contribution in [0, 0.1) is 5.92 Å². The average Bonchev–Trinajstić information content (AvgIpc) is 2.42. The van der Waals surface area contributed by atoms with Crippen LogP contribution in [0.25, 0.3) is 0 Å². The third-order valence-corrected chi connectivity index (χ3v) is 3.96. The topological polar surface area (TPSA) is 58.4 Å². The smallest absolute Gasteiger partial charge is 0.237 e. The van der Waals surface area contributed by atoms with Crippen molar-refractivity contribution in [2.75, 3.05) is 26.2 Å². The van der Waals surface area contributed by atoms with E-state index >= 15 is 0 Å². The van der Waals surface area contributed by atoms with E-state index in [1.165, 1.54) is 32.4 Å². The Bertz CT molecular complexity index is 239. The molecule has 1 rings (SSSR count). The quantitative estimate of drug-likeness (QED) is 0.675. The van der Waals surface area contributed by atoms with Crippen LogP contribution in [0.5, 0.6) is 0 Å². The number of carbonyl (C=O) groups is 1. The molecule has 1 heterocycles. The molecule has 1 aliphatic rings. The zero-order valence-electron chi connectivity index (χ0n) is 12.0. The van der Waals surface area contributed by atoms with Crippen LogP contribution >= 0.6 is 0 Å². The summed E-state index contributed by atoms with van der Waals surface area (Å²) < 4.78 is 0. The molecule has 2 atom stereocenters. The van der Waals surface area contributed by atoms with Gasteiger partial charge in [0.15, 0.2) is 0 Å². The third kappa shape index (κ3) is 5.36. The van der Waals surface area contributed by atoms with Crippen LogP contribution in [-0.4, -0.2) is 43.0 Å². The van der Waals surface area contributed by atoms with E-state index in [0.29, 0.717) is 0 Å². The van der Waals surface area contributed by atoms with Gasteiger partial charge in [-0.2, -0.15) is 0 Å². The van der Waals surface area contributed by atoms with Crippen LogP contribution in [0.2, 0.25) is 0 Å². The lowest BCUT2D eigenvalue weighted by Crippen LogP contribution is -2.45. The number of amides is 1. The highest BCUT2D eigenvalue weighted by atomic mass is 16.2. The normalized spacial score (nSPS) is 20.4. The van der Waals surface area contributed by atoms with Gasteiger partial charge in [0.1, 0.15) is 0 Å². The van der Waals surface area contributed by atoms with E-state index < -0.39 is 0 Å². The predicted octanol–water partition coefficient (Wildman–Crippen LogP) is 1.35. The van der Waals surface area contributed by atoms with Gasteiger partial charge in [0.05, 0.1) is 6.04 Å². The van der Waals surface area contributed by atoms with Gasteiger partial charge < -0.3 is 16.0 Å². The Balaban J connectivity index is 2.07. The van der Waals surface area contributed by atoms with E-state index in [4.69, 9.17) is 5.73 Å². The fourth-order valence-electron chi connectivity index (χ4n) is 2.33. The van der Waals surface area contributed by atoms with Crippen molar-refractivity contribution in [2.45, 2.75) is 52.0 Å². The van der Waals surface area contributed by atoms with E-state index in [-0.39, 0.29) is 17.9 Å². The molecule has 0 spiro atoms. The van der Waals surface area contributed by atoms with E-state index in [0.717, 1.165) is 25.9 Å². The summed E-state index contributed by atoms with van der Waals surface area (Å²) in [6, 6.07) is -0.356. The Morgan fingerprint density at radius 2 is 2.00 bits per heavy atom. The molecule has 18 heavy (non-hydrogen) atoms. The van der Waals surface area contributed by atoms with Gasteiger partial charge in [-0.05, 0) is 44.8 Å². The van der Waals surface area contributed by atoms with Gasteiger partial charge in [0, 0.05) is 6.54 Å². The molecular formula is C14H29N3O. The van der Waals surface area contributed by atoms with Crippen LogP contribution in [-0.2, 0) is 4.79 Å². The lowest BCUT2D eigenvalue weighted by Gasteiger charge is -2.26. The van der Waals surface area contributed by atoms with Crippen molar-refractivity contribution in [2.24, 2.45) is 11.7 Å². The summed E-state index contributed by atoms with van der Waals surface area (Å²) in [5.74, 6) is 0.259. The highest BCUT2D eigenvalue weighted by Crippen LogP contribution is 2.08. The number of carbonyl (C=O) groups excluding carboxylic acids is 1. The van der Waals surface area contributed by atoms with E-state index in [2.05, 4.69) is 17.1 Å². The Labute approximate surface area is 111 Å². The van der Waals surface area contributed by atoms with Crippen molar-refractivity contribution in [1.29, 1.82) is 0 Å². The fourth-order valence-corrected chi connectivity index (χ4v) is 2.33. The van der Waals surface area contributed by atoms with Gasteiger partial charge in [0.2, 0.25) is 5.91 Å². The molecule has 1 saturated heterocycles. The average molecular weight is 255 g/mol. The second-order valence-corrected chi connectivity index (χ2v) is 5.46. The fraction of sp³-hybridized carbons (Fsp3) is 0.929. The van der Waals surface area contributed by atoms with Gasteiger partial charge in [-0.1, -0.05) is 26.7 Å². The number of nitrogens with one attached hydrogen (secondary N) is 1. The molecule has 0 aromatic carbocycles. The van der Waals surface area contributed by atoms with Gasteiger partial charge in [-0.3, -0.25) is 4.79 Å². The van der Waals surface area contributed by atoms with E-state index in [1.807, 2.05) is 6.92 Å². The van der Waals surface area contributed by atoms with Gasteiger partial charge in [0.25, 0.3) is 0 Å². The minimum atomic E-state index is -0.356. The van der Waals surface area contributed by atoms with Crippen LogP contribution in [0.3, 0.4) is 0 Å². The minimum Gasteiger partial charge on any atom is -0.355 e. The Morgan fingerprint density at radius 3 is 2.61 bits per heavy atom. The van der Waals surface area contributed by atoms with Crippen LogP contribution in [0.15, 0.2) is 0 Å². The molecule has 1 fully saturated rings. The SMILES string of the molecule is CCC(C)[C@H](N)C(=O)NCCCN1CCCCC1. The second-order valence-electron chi connectivity index (χ2n) is 5.46. The minimum absolute atomic E-state index is 0.00277. The maximum Gasteiger partial charge on any atom is 0.237 e. The molecule has 0 bridgehead atoms. The molecular weight excluding hydrogens is 226 g/mol. The molecule has 0 aliphatic carbocycles. The molecule has 1 amide bonds. The first-order valence-corrected chi connectivity index (χ1v) is 7.40. The highest BCUT2D eigenvalue weighted by molar-refractivity contribution is 5.81. The number of hydrogen-bond donors (Lipinski definition) is 2. The molecule has 4 heteroatoms. The summed E-state index contributed by atoms with van der Waals surface area (Å²) in [7, 11) is 0. The summed E-state index contributed by atoms with van der Waals surface area (Å²) in [5, 5.41) is 2.95. The first kappa shape index (κ1) is 15.4. The van der Waals surface area contributed by atoms with E-state index in [1.54, 1.807) is 0 Å². The number of rotatable bonds is 7. The first-order chi connectivity index (χ1) is 8.65. The Kier molecular flexibility index (Phi) is 7.28. The van der Waals surface area contributed by atoms with Crippen molar-refractivity contribution < 1.29 is 4.79 Å². The zero-order valence-corrected chi connectivity index (χ0v) is 12.0. The highest BCUT2D eigenvalue weighted by Gasteiger charge is 2.18. The standard InChI is InChI=1S/C14H29N3O/c1-3-12(2)13(15)14(18)16-8-7-11-17-9-5-4-6-10-17/h12-13H,3-11,15H2,1-2H3,(H,16,18)/t12?,13-/m0/s1. The number of hydrogen-bond acceptors (Lipinski definition) is 3. The van der Waals surface area contributed by atoms with Crippen LogP contribution in [0.4, 0.5) is 0 Å². The third-order valence-electron chi connectivity index (χ3n) is 3.96. The maximum absolute atomic E-state index is 11.7. The molecule has 1 unspecified atom stereocenters. The number of nitrogens with zero attached hydrogens (tertiary/aromatic N) is 1. The number of likely N-dealkylation sites (tertiary alicyclic amines) is 1. The predicted molar refractivity (Wildman–Crippen MR) is 75.3 cm³/mol. The number of nitrogens with two attached hydrogens (primary N) is 1. The molecule has 0 radical (unpaired) electrons. The van der Waals surface area contributed by atoms with Crippen LogP contribution < -0.4 is 11.1 Å². The van der Waals surface area contributed by atoms with Gasteiger partial charge >= 0.3 is 0 Å². The molecule has 3 N–H and O–H groups in total.